The molecule has 1 N–H and O–H groups in total. The summed E-state index contributed by atoms with van der Waals surface area (Å²) in [7, 11) is 0. The van der Waals surface area contributed by atoms with Crippen LogP contribution in [0.5, 0.6) is 0 Å². The molecule has 0 aromatic carbocycles. The van der Waals surface area contributed by atoms with Crippen LogP contribution in [0.1, 0.15) is 47.2 Å². The van der Waals surface area contributed by atoms with Gasteiger partial charge in [-0.3, -0.25) is 4.98 Å². The second kappa shape index (κ2) is 6.14. The molecule has 0 atom stereocenters. The van der Waals surface area contributed by atoms with Crippen molar-refractivity contribution in [2.75, 3.05) is 11.4 Å². The monoisotopic (exact) mass is 250 g/mol. The Morgan fingerprint density at radius 3 is 2.44 bits per heavy atom. The molecule has 0 radical (unpaired) electrons. The Bertz CT molecular complexity index is 368. The van der Waals surface area contributed by atoms with Crippen molar-refractivity contribution >= 4 is 5.82 Å². The van der Waals surface area contributed by atoms with Crippen molar-refractivity contribution in [3.63, 3.8) is 0 Å². The zero-order chi connectivity index (χ0) is 13.8. The number of nitrogens with zero attached hydrogens (tertiary/aromatic N) is 3. The average molecular weight is 250 g/mol. The van der Waals surface area contributed by atoms with Crippen LogP contribution < -0.4 is 10.2 Å². The smallest absolute Gasteiger partial charge is 0.147 e. The highest BCUT2D eigenvalue weighted by Crippen LogP contribution is 2.13. The molecule has 0 spiro atoms. The third-order valence-electron chi connectivity index (χ3n) is 2.73. The van der Waals surface area contributed by atoms with Gasteiger partial charge >= 0.3 is 0 Å². The van der Waals surface area contributed by atoms with Crippen molar-refractivity contribution in [2.45, 2.75) is 59.7 Å². The largest absolute Gasteiger partial charge is 0.353 e. The van der Waals surface area contributed by atoms with Gasteiger partial charge < -0.3 is 10.2 Å². The van der Waals surface area contributed by atoms with Crippen LogP contribution in [0, 0.1) is 0 Å². The van der Waals surface area contributed by atoms with Crippen molar-refractivity contribution in [2.24, 2.45) is 0 Å². The second-order valence-corrected chi connectivity index (χ2v) is 5.85. The summed E-state index contributed by atoms with van der Waals surface area (Å²) in [5, 5.41) is 3.43. The lowest BCUT2D eigenvalue weighted by Gasteiger charge is -2.26. The van der Waals surface area contributed by atoms with Gasteiger partial charge in [0.15, 0.2) is 0 Å². The fraction of sp³-hybridized carbons (Fsp3) is 0.714. The predicted molar refractivity (Wildman–Crippen MR) is 76.8 cm³/mol. The zero-order valence-electron chi connectivity index (χ0n) is 12.5. The minimum Gasteiger partial charge on any atom is -0.353 e. The Kier molecular flexibility index (Phi) is 5.08. The summed E-state index contributed by atoms with van der Waals surface area (Å²) < 4.78 is 0. The molecule has 4 heteroatoms. The molecule has 0 saturated carbocycles. The molecule has 102 valence electrons. The van der Waals surface area contributed by atoms with Crippen LogP contribution in [0.2, 0.25) is 0 Å². The fourth-order valence-electron chi connectivity index (χ4n) is 1.77. The maximum Gasteiger partial charge on any atom is 0.147 e. The van der Waals surface area contributed by atoms with Crippen LogP contribution in [0.15, 0.2) is 12.4 Å². The maximum atomic E-state index is 4.67. The van der Waals surface area contributed by atoms with Crippen molar-refractivity contribution in [3.05, 3.63) is 18.1 Å². The molecule has 0 fully saturated rings. The molecular weight excluding hydrogens is 224 g/mol. The second-order valence-electron chi connectivity index (χ2n) is 5.85. The van der Waals surface area contributed by atoms with E-state index in [4.69, 9.17) is 0 Å². The number of hydrogen-bond donors (Lipinski definition) is 1. The predicted octanol–water partition coefficient (Wildman–Crippen LogP) is 2.60. The molecule has 0 amide bonds. The highest BCUT2D eigenvalue weighted by atomic mass is 15.2. The van der Waals surface area contributed by atoms with E-state index in [9.17, 15) is 0 Å². The molecule has 0 saturated heterocycles. The van der Waals surface area contributed by atoms with Gasteiger partial charge in [0.1, 0.15) is 5.82 Å². The van der Waals surface area contributed by atoms with E-state index < -0.39 is 0 Å². The van der Waals surface area contributed by atoms with Gasteiger partial charge in [-0.25, -0.2) is 4.98 Å². The van der Waals surface area contributed by atoms with E-state index in [0.717, 1.165) is 24.6 Å². The maximum absolute atomic E-state index is 4.67. The van der Waals surface area contributed by atoms with E-state index in [1.54, 1.807) is 0 Å². The van der Waals surface area contributed by atoms with E-state index in [1.165, 1.54) is 0 Å². The zero-order valence-corrected chi connectivity index (χ0v) is 12.5. The van der Waals surface area contributed by atoms with E-state index in [-0.39, 0.29) is 5.54 Å². The van der Waals surface area contributed by atoms with E-state index in [1.807, 2.05) is 12.4 Å². The Morgan fingerprint density at radius 1 is 1.28 bits per heavy atom. The molecule has 0 aliphatic heterocycles. The third kappa shape index (κ3) is 4.61. The van der Waals surface area contributed by atoms with Crippen LogP contribution in [-0.4, -0.2) is 28.1 Å². The van der Waals surface area contributed by atoms with Gasteiger partial charge in [-0.2, -0.15) is 0 Å². The molecule has 1 aromatic rings. The van der Waals surface area contributed by atoms with Crippen LogP contribution >= 0.6 is 0 Å². The van der Waals surface area contributed by atoms with Gasteiger partial charge in [0.2, 0.25) is 0 Å². The van der Waals surface area contributed by atoms with Crippen molar-refractivity contribution in [1.82, 2.24) is 15.3 Å². The standard InChI is InChI=1S/C14H26N4/c1-7-18(11(2)3)13-10-15-8-12(17-13)9-16-14(4,5)6/h8,10-11,16H,7,9H2,1-6H3. The molecular formula is C14H26N4. The first-order valence-corrected chi connectivity index (χ1v) is 6.66. The van der Waals surface area contributed by atoms with Gasteiger partial charge in [0, 0.05) is 30.9 Å². The molecule has 0 aliphatic rings. The molecule has 4 nitrogen and oxygen atoms in total. The molecule has 0 aliphatic carbocycles. The summed E-state index contributed by atoms with van der Waals surface area (Å²) in [5.74, 6) is 0.959. The van der Waals surface area contributed by atoms with Gasteiger partial charge in [0.25, 0.3) is 0 Å². The topological polar surface area (TPSA) is 41.1 Å². The third-order valence-corrected chi connectivity index (χ3v) is 2.73. The number of aromatic nitrogens is 2. The van der Waals surface area contributed by atoms with Gasteiger partial charge in [-0.05, 0) is 41.5 Å². The molecule has 1 heterocycles. The Labute approximate surface area is 111 Å². The minimum absolute atomic E-state index is 0.0974. The first-order valence-electron chi connectivity index (χ1n) is 6.66. The first kappa shape index (κ1) is 14.9. The normalized spacial score (nSPS) is 11.9. The molecule has 18 heavy (non-hydrogen) atoms. The first-order chi connectivity index (χ1) is 8.33. The highest BCUT2D eigenvalue weighted by Gasteiger charge is 2.12. The number of hydrogen-bond acceptors (Lipinski definition) is 4. The van der Waals surface area contributed by atoms with E-state index >= 15 is 0 Å². The lowest BCUT2D eigenvalue weighted by molar-refractivity contribution is 0.421. The summed E-state index contributed by atoms with van der Waals surface area (Å²) in [5.41, 5.74) is 1.08. The van der Waals surface area contributed by atoms with Gasteiger partial charge in [-0.1, -0.05) is 0 Å². The summed E-state index contributed by atoms with van der Waals surface area (Å²) >= 11 is 0. The quantitative estimate of drug-likeness (QED) is 0.872. The Hall–Kier alpha value is -1.16. The molecule has 1 rings (SSSR count). The summed E-state index contributed by atoms with van der Waals surface area (Å²) in [6, 6.07) is 0.440. The number of rotatable bonds is 5. The van der Waals surface area contributed by atoms with Crippen LogP contribution in [0.4, 0.5) is 5.82 Å². The van der Waals surface area contributed by atoms with Crippen LogP contribution in [0.3, 0.4) is 0 Å². The summed E-state index contributed by atoms with van der Waals surface area (Å²) in [4.78, 5) is 11.2. The van der Waals surface area contributed by atoms with Crippen LogP contribution in [0.25, 0.3) is 0 Å². The Morgan fingerprint density at radius 2 is 1.94 bits per heavy atom. The molecule has 0 unspecified atom stereocenters. The average Bonchev–Trinajstić information content (AvgIpc) is 2.26. The lowest BCUT2D eigenvalue weighted by atomic mass is 10.1. The SMILES string of the molecule is CCN(c1cncc(CNC(C)(C)C)n1)C(C)C. The Balaban J connectivity index is 2.79. The number of anilines is 1. The van der Waals surface area contributed by atoms with Crippen LogP contribution in [-0.2, 0) is 6.54 Å². The van der Waals surface area contributed by atoms with Gasteiger partial charge in [-0.15, -0.1) is 0 Å². The lowest BCUT2D eigenvalue weighted by Crippen LogP contribution is -2.36. The number of nitrogens with one attached hydrogen (secondary N) is 1. The van der Waals surface area contributed by atoms with Crippen molar-refractivity contribution < 1.29 is 0 Å². The van der Waals surface area contributed by atoms with Gasteiger partial charge in [0.05, 0.1) is 11.9 Å². The molecule has 1 aromatic heterocycles. The minimum atomic E-state index is 0.0974. The summed E-state index contributed by atoms with van der Waals surface area (Å²) in [6.07, 6.45) is 3.67. The summed E-state index contributed by atoms with van der Waals surface area (Å²) in [6.45, 7) is 14.6. The highest BCUT2D eigenvalue weighted by molar-refractivity contribution is 5.37. The van der Waals surface area contributed by atoms with Crippen molar-refractivity contribution in [1.29, 1.82) is 0 Å². The molecule has 0 bridgehead atoms. The van der Waals surface area contributed by atoms with E-state index in [2.05, 4.69) is 61.7 Å². The fourth-order valence-corrected chi connectivity index (χ4v) is 1.77. The van der Waals surface area contributed by atoms with Crippen molar-refractivity contribution in [3.8, 4) is 0 Å². The van der Waals surface area contributed by atoms with E-state index in [0.29, 0.717) is 6.04 Å².